The van der Waals surface area contributed by atoms with E-state index in [0.29, 0.717) is 0 Å². The maximum absolute atomic E-state index is 12.6. The van der Waals surface area contributed by atoms with Crippen LogP contribution in [0.25, 0.3) is 0 Å². The Morgan fingerprint density at radius 2 is 1.10 bits per heavy atom. The first-order valence-corrected chi connectivity index (χ1v) is 4.50. The monoisotopic (exact) mass is 329 g/mol. The van der Waals surface area contributed by atoms with Gasteiger partial charge in [0.1, 0.15) is 0 Å². The fourth-order valence-corrected chi connectivity index (χ4v) is 0.792. The maximum atomic E-state index is 12.6. The first-order valence-electron chi connectivity index (χ1n) is 4.50. The van der Waals surface area contributed by atoms with Crippen LogP contribution in [0.3, 0.4) is 0 Å². The third-order valence-electron chi connectivity index (χ3n) is 1.86. The van der Waals surface area contributed by atoms with Crippen molar-refractivity contribution in [1.29, 1.82) is 0 Å². The highest BCUT2D eigenvalue weighted by atomic mass is 19.4. The molecule has 0 aromatic carbocycles. The molecule has 0 heterocycles. The van der Waals surface area contributed by atoms with Crippen LogP contribution in [0.2, 0.25) is 0 Å². The van der Waals surface area contributed by atoms with Crippen molar-refractivity contribution in [3.05, 3.63) is 0 Å². The average Bonchev–Trinajstić information content (AvgIpc) is 2.13. The summed E-state index contributed by atoms with van der Waals surface area (Å²) in [5.41, 5.74) is 4.45. The summed E-state index contributed by atoms with van der Waals surface area (Å²) >= 11 is 0. The summed E-state index contributed by atoms with van der Waals surface area (Å²) in [5.74, 6) is -12.6. The van der Waals surface area contributed by atoms with E-state index in [4.69, 9.17) is 0 Å². The molecule has 0 aliphatic rings. The van der Waals surface area contributed by atoms with Crippen molar-refractivity contribution in [1.82, 2.24) is 0 Å². The molecule has 0 aromatic heterocycles. The van der Waals surface area contributed by atoms with Gasteiger partial charge in [-0.2, -0.15) is 48.3 Å². The summed E-state index contributed by atoms with van der Waals surface area (Å²) < 4.78 is 136. The Morgan fingerprint density at radius 1 is 0.700 bits per heavy atom. The summed E-state index contributed by atoms with van der Waals surface area (Å²) in [7, 11) is 0. The number of rotatable bonds is 6. The quantitative estimate of drug-likeness (QED) is 0.759. The van der Waals surface area contributed by atoms with Crippen molar-refractivity contribution in [3.63, 3.8) is 0 Å². The minimum Gasteiger partial charge on any atom is -0.330 e. The summed E-state index contributed by atoms with van der Waals surface area (Å²) in [6.07, 6.45) is -22.2. The van der Waals surface area contributed by atoms with E-state index in [-0.39, 0.29) is 0 Å². The second-order valence-electron chi connectivity index (χ2n) is 3.45. The molecule has 0 bridgehead atoms. The zero-order valence-corrected chi connectivity index (χ0v) is 9.06. The number of halogens is 11. The molecule has 0 rings (SSSR count). The van der Waals surface area contributed by atoms with E-state index in [9.17, 15) is 48.3 Å². The second kappa shape index (κ2) is 5.16. The van der Waals surface area contributed by atoms with Gasteiger partial charge in [0.2, 0.25) is 0 Å². The Kier molecular flexibility index (Phi) is 4.95. The van der Waals surface area contributed by atoms with Crippen LogP contribution < -0.4 is 5.73 Å². The molecule has 0 radical (unpaired) electrons. The van der Waals surface area contributed by atoms with Gasteiger partial charge in [0.25, 0.3) is 0 Å². The van der Waals surface area contributed by atoms with Gasteiger partial charge in [-0.15, -0.1) is 0 Å². The lowest BCUT2D eigenvalue weighted by molar-refractivity contribution is -0.496. The van der Waals surface area contributed by atoms with E-state index >= 15 is 0 Å². The second-order valence-corrected chi connectivity index (χ2v) is 3.45. The molecule has 2 N–H and O–H groups in total. The van der Waals surface area contributed by atoms with Crippen LogP contribution in [0.15, 0.2) is 0 Å². The van der Waals surface area contributed by atoms with E-state index in [1.54, 1.807) is 4.74 Å². The Balaban J connectivity index is 5.38. The predicted molar refractivity (Wildman–Crippen MR) is 40.6 cm³/mol. The standard InChI is InChI=1S/C7H6F11NO/c8-3(9,1-2-19)6(15,16)20-7(17,18)4(10,11)5(12,13)14/h1-2,19H2. The van der Waals surface area contributed by atoms with Crippen LogP contribution in [0.4, 0.5) is 48.3 Å². The number of nitrogens with two attached hydrogens (primary N) is 1. The van der Waals surface area contributed by atoms with Crippen LogP contribution >= 0.6 is 0 Å². The SMILES string of the molecule is NCCC(F)(F)C(F)(F)OC(F)(F)C(F)(F)C(F)(F)F. The van der Waals surface area contributed by atoms with Gasteiger partial charge in [-0.05, 0) is 6.54 Å². The summed E-state index contributed by atoms with van der Waals surface area (Å²) in [6, 6.07) is 0. The molecule has 0 atom stereocenters. The molecule has 122 valence electrons. The number of hydrogen-bond donors (Lipinski definition) is 1. The fourth-order valence-electron chi connectivity index (χ4n) is 0.792. The Labute approximate surface area is 103 Å². The van der Waals surface area contributed by atoms with Gasteiger partial charge in [-0.3, -0.25) is 0 Å². The zero-order valence-electron chi connectivity index (χ0n) is 9.06. The van der Waals surface area contributed by atoms with Crippen molar-refractivity contribution in [3.8, 4) is 0 Å². The Bertz CT molecular complexity index is 336. The highest BCUT2D eigenvalue weighted by Gasteiger charge is 2.78. The molecular formula is C7H6F11NO. The van der Waals surface area contributed by atoms with E-state index in [0.717, 1.165) is 0 Å². The van der Waals surface area contributed by atoms with Crippen LogP contribution in [-0.4, -0.2) is 36.8 Å². The fraction of sp³-hybridized carbons (Fsp3) is 1.00. The minimum atomic E-state index is -7.10. The van der Waals surface area contributed by atoms with E-state index in [2.05, 4.69) is 5.73 Å². The Hall–Kier alpha value is -0.850. The Morgan fingerprint density at radius 3 is 1.40 bits per heavy atom. The minimum absolute atomic E-state index is 1.19. The van der Waals surface area contributed by atoms with E-state index in [1.165, 1.54) is 0 Å². The zero-order chi connectivity index (χ0) is 16.6. The molecule has 0 amide bonds. The highest BCUT2D eigenvalue weighted by Crippen LogP contribution is 2.51. The lowest BCUT2D eigenvalue weighted by Crippen LogP contribution is -2.58. The third-order valence-corrected chi connectivity index (χ3v) is 1.86. The van der Waals surface area contributed by atoms with Gasteiger partial charge in [0.05, 0.1) is 0 Å². The summed E-state index contributed by atoms with van der Waals surface area (Å²) in [4.78, 5) is 0. The normalized spacial score (nSPS) is 15.6. The van der Waals surface area contributed by atoms with Crippen LogP contribution in [0, 0.1) is 0 Å². The van der Waals surface area contributed by atoms with Crippen LogP contribution in [0.1, 0.15) is 6.42 Å². The van der Waals surface area contributed by atoms with Crippen molar-refractivity contribution in [2.24, 2.45) is 5.73 Å². The van der Waals surface area contributed by atoms with Gasteiger partial charge in [-0.1, -0.05) is 0 Å². The van der Waals surface area contributed by atoms with Crippen molar-refractivity contribution in [2.45, 2.75) is 36.7 Å². The third kappa shape index (κ3) is 3.42. The lowest BCUT2D eigenvalue weighted by Gasteiger charge is -2.33. The number of ether oxygens (including phenoxy) is 1. The van der Waals surface area contributed by atoms with Gasteiger partial charge < -0.3 is 5.73 Å². The van der Waals surface area contributed by atoms with Crippen LogP contribution in [0.5, 0.6) is 0 Å². The maximum Gasteiger partial charge on any atom is 0.462 e. The number of hydrogen-bond acceptors (Lipinski definition) is 2. The van der Waals surface area contributed by atoms with Crippen LogP contribution in [-0.2, 0) is 4.74 Å². The van der Waals surface area contributed by atoms with Gasteiger partial charge in [0, 0.05) is 6.42 Å². The smallest absolute Gasteiger partial charge is 0.330 e. The van der Waals surface area contributed by atoms with Gasteiger partial charge in [-0.25, -0.2) is 4.74 Å². The molecular weight excluding hydrogens is 323 g/mol. The summed E-state index contributed by atoms with van der Waals surface area (Å²) in [6.45, 7) is -1.19. The molecule has 0 unspecified atom stereocenters. The molecule has 0 aliphatic carbocycles. The molecule has 0 aromatic rings. The molecule has 20 heavy (non-hydrogen) atoms. The molecule has 13 heteroatoms. The average molecular weight is 329 g/mol. The first kappa shape index (κ1) is 19.1. The lowest BCUT2D eigenvalue weighted by atomic mass is 10.2. The van der Waals surface area contributed by atoms with Crippen molar-refractivity contribution < 1.29 is 53.0 Å². The van der Waals surface area contributed by atoms with E-state index in [1.807, 2.05) is 0 Å². The summed E-state index contributed by atoms with van der Waals surface area (Å²) in [5, 5.41) is 0. The number of alkyl halides is 11. The molecule has 0 aliphatic heterocycles. The largest absolute Gasteiger partial charge is 0.462 e. The molecule has 0 saturated carbocycles. The van der Waals surface area contributed by atoms with Gasteiger partial charge >= 0.3 is 30.2 Å². The molecule has 2 nitrogen and oxygen atoms in total. The van der Waals surface area contributed by atoms with Crippen molar-refractivity contribution in [2.75, 3.05) is 6.54 Å². The highest BCUT2D eigenvalue weighted by molar-refractivity contribution is 4.88. The van der Waals surface area contributed by atoms with Gasteiger partial charge in [0.15, 0.2) is 0 Å². The molecule has 0 fully saturated rings. The first-order chi connectivity index (χ1) is 8.52. The molecule has 0 spiro atoms. The topological polar surface area (TPSA) is 35.2 Å². The predicted octanol–water partition coefficient (Wildman–Crippen LogP) is 3.37. The van der Waals surface area contributed by atoms with E-state index < -0.39 is 43.2 Å². The van der Waals surface area contributed by atoms with Crippen molar-refractivity contribution >= 4 is 0 Å². The molecule has 0 saturated heterocycles.